The smallest absolute Gasteiger partial charge is 0.323 e. The second kappa shape index (κ2) is 11.9. The van der Waals surface area contributed by atoms with Crippen LogP contribution in [0.2, 0.25) is 0 Å². The van der Waals surface area contributed by atoms with Crippen molar-refractivity contribution in [1.29, 1.82) is 0 Å². The van der Waals surface area contributed by atoms with E-state index < -0.39 is 0 Å². The van der Waals surface area contributed by atoms with Crippen molar-refractivity contribution in [3.8, 4) is 0 Å². The van der Waals surface area contributed by atoms with Crippen LogP contribution in [0.3, 0.4) is 0 Å². The molecule has 0 spiro atoms. The predicted molar refractivity (Wildman–Crippen MR) is 137 cm³/mol. The number of carbonyl (C=O) groups excluding carboxylic acids is 2. The molecule has 2 aromatic carbocycles. The Labute approximate surface area is 202 Å². The highest BCUT2D eigenvalue weighted by molar-refractivity contribution is 6.02. The van der Waals surface area contributed by atoms with Gasteiger partial charge in [0, 0.05) is 12.2 Å². The maximum Gasteiger partial charge on any atom is 0.323 e. The van der Waals surface area contributed by atoms with Gasteiger partial charge in [-0.25, -0.2) is 4.79 Å². The molecule has 0 aromatic heterocycles. The van der Waals surface area contributed by atoms with E-state index in [1.807, 2.05) is 37.3 Å². The molecule has 2 atom stereocenters. The van der Waals surface area contributed by atoms with Crippen LogP contribution in [0.25, 0.3) is 0 Å². The van der Waals surface area contributed by atoms with Gasteiger partial charge in [-0.3, -0.25) is 4.79 Å². The molecule has 2 N–H and O–H groups in total. The van der Waals surface area contributed by atoms with Gasteiger partial charge in [0.05, 0.1) is 44.2 Å². The summed E-state index contributed by atoms with van der Waals surface area (Å²) in [7, 11) is 1.41. The molecule has 0 bridgehead atoms. The van der Waals surface area contributed by atoms with Gasteiger partial charge in [-0.05, 0) is 55.0 Å². The first-order chi connectivity index (χ1) is 16.3. The van der Waals surface area contributed by atoms with Gasteiger partial charge in [0.15, 0.2) is 0 Å². The van der Waals surface area contributed by atoms with Crippen LogP contribution in [-0.2, 0) is 14.3 Å². The standard InChI is InChI=1S/C27H37N3O4/c1-6-20(16-26(31)33-5)21-9-12-24(30-13-14-34-17-25(30)18(2)3)23(15-21)29-27(32)28-22-10-7-19(4)8-11-22/h7-12,15,18,20,25H,6,13-14,16-17H2,1-5H3,(H2,28,29,32). The second-order valence-corrected chi connectivity index (χ2v) is 9.19. The first kappa shape index (κ1) is 25.6. The van der Waals surface area contributed by atoms with Crippen molar-refractivity contribution >= 4 is 29.1 Å². The zero-order valence-corrected chi connectivity index (χ0v) is 20.9. The Balaban J connectivity index is 1.93. The molecule has 2 unspecified atom stereocenters. The van der Waals surface area contributed by atoms with E-state index in [4.69, 9.17) is 9.47 Å². The maximum absolute atomic E-state index is 13.0. The van der Waals surface area contributed by atoms with E-state index in [-0.39, 0.29) is 24.0 Å². The van der Waals surface area contributed by atoms with Gasteiger partial charge < -0.3 is 25.0 Å². The Morgan fingerprint density at radius 2 is 1.88 bits per heavy atom. The van der Waals surface area contributed by atoms with Gasteiger partial charge in [0.25, 0.3) is 0 Å². The van der Waals surface area contributed by atoms with Crippen molar-refractivity contribution in [2.75, 3.05) is 42.4 Å². The number of rotatable bonds is 8. The molecule has 1 aliphatic heterocycles. The Kier molecular flexibility index (Phi) is 8.93. The maximum atomic E-state index is 13.0. The topological polar surface area (TPSA) is 79.9 Å². The van der Waals surface area contributed by atoms with Crippen LogP contribution in [-0.4, -0.2) is 44.9 Å². The molecule has 1 aliphatic rings. The van der Waals surface area contributed by atoms with E-state index in [1.165, 1.54) is 7.11 Å². The van der Waals surface area contributed by atoms with Crippen molar-refractivity contribution < 1.29 is 19.1 Å². The minimum atomic E-state index is -0.308. The quantitative estimate of drug-likeness (QED) is 0.497. The third kappa shape index (κ3) is 6.50. The fourth-order valence-electron chi connectivity index (χ4n) is 4.34. The van der Waals surface area contributed by atoms with Crippen LogP contribution >= 0.6 is 0 Å². The lowest BCUT2D eigenvalue weighted by Crippen LogP contribution is -2.48. The number of methoxy groups -OCH3 is 1. The van der Waals surface area contributed by atoms with E-state index >= 15 is 0 Å². The van der Waals surface area contributed by atoms with Crippen molar-refractivity contribution in [1.82, 2.24) is 0 Å². The Morgan fingerprint density at radius 3 is 2.53 bits per heavy atom. The highest BCUT2D eigenvalue weighted by atomic mass is 16.5. The van der Waals surface area contributed by atoms with E-state index in [9.17, 15) is 9.59 Å². The van der Waals surface area contributed by atoms with Crippen LogP contribution in [0.1, 0.15) is 50.7 Å². The molecule has 34 heavy (non-hydrogen) atoms. The summed E-state index contributed by atoms with van der Waals surface area (Å²) in [6.45, 7) is 10.5. The summed E-state index contributed by atoms with van der Waals surface area (Å²) in [4.78, 5) is 27.2. The van der Waals surface area contributed by atoms with E-state index in [0.29, 0.717) is 25.6 Å². The van der Waals surface area contributed by atoms with E-state index in [0.717, 1.165) is 41.2 Å². The third-order valence-electron chi connectivity index (χ3n) is 6.43. The molecule has 2 amide bonds. The number of hydrogen-bond acceptors (Lipinski definition) is 5. The van der Waals surface area contributed by atoms with Gasteiger partial charge in [-0.2, -0.15) is 0 Å². The predicted octanol–water partition coefficient (Wildman–Crippen LogP) is 5.56. The van der Waals surface area contributed by atoms with Gasteiger partial charge in [-0.15, -0.1) is 0 Å². The normalized spacial score (nSPS) is 16.8. The molecular formula is C27H37N3O4. The number of carbonyl (C=O) groups is 2. The number of nitrogens with zero attached hydrogens (tertiary/aromatic N) is 1. The van der Waals surface area contributed by atoms with E-state index in [1.54, 1.807) is 0 Å². The molecule has 0 radical (unpaired) electrons. The highest BCUT2D eigenvalue weighted by Crippen LogP contribution is 2.35. The first-order valence-corrected chi connectivity index (χ1v) is 12.0. The zero-order valence-electron chi connectivity index (χ0n) is 20.9. The lowest BCUT2D eigenvalue weighted by molar-refractivity contribution is -0.141. The number of esters is 1. The molecule has 1 fully saturated rings. The summed E-state index contributed by atoms with van der Waals surface area (Å²) in [6.07, 6.45) is 1.09. The number of morpholine rings is 1. The largest absolute Gasteiger partial charge is 0.469 e. The van der Waals surface area contributed by atoms with Gasteiger partial charge in [0.2, 0.25) is 0 Å². The number of nitrogens with one attached hydrogen (secondary N) is 2. The van der Waals surface area contributed by atoms with Crippen LogP contribution in [0, 0.1) is 12.8 Å². The molecule has 1 heterocycles. The van der Waals surface area contributed by atoms with Crippen LogP contribution in [0.15, 0.2) is 42.5 Å². The van der Waals surface area contributed by atoms with Gasteiger partial charge in [0.1, 0.15) is 0 Å². The van der Waals surface area contributed by atoms with E-state index in [2.05, 4.69) is 48.4 Å². The Hall–Kier alpha value is -3.06. The monoisotopic (exact) mass is 467 g/mol. The Bertz CT molecular complexity index is 974. The summed E-state index contributed by atoms with van der Waals surface area (Å²) < 4.78 is 10.6. The van der Waals surface area contributed by atoms with Crippen LogP contribution < -0.4 is 15.5 Å². The number of aryl methyl sites for hydroxylation is 1. The minimum absolute atomic E-state index is 0.00722. The van der Waals surface area contributed by atoms with Gasteiger partial charge >= 0.3 is 12.0 Å². The zero-order chi connectivity index (χ0) is 24.7. The fourth-order valence-corrected chi connectivity index (χ4v) is 4.34. The summed E-state index contributed by atoms with van der Waals surface area (Å²) in [5, 5.41) is 5.99. The molecule has 0 aliphatic carbocycles. The van der Waals surface area contributed by atoms with Crippen molar-refractivity contribution in [3.05, 3.63) is 53.6 Å². The molecule has 184 valence electrons. The third-order valence-corrected chi connectivity index (χ3v) is 6.43. The molecule has 7 heteroatoms. The average molecular weight is 468 g/mol. The summed E-state index contributed by atoms with van der Waals surface area (Å²) >= 11 is 0. The van der Waals surface area contributed by atoms with Crippen molar-refractivity contribution in [3.63, 3.8) is 0 Å². The molecule has 7 nitrogen and oxygen atoms in total. The molecular weight excluding hydrogens is 430 g/mol. The fraction of sp³-hybridized carbons (Fsp3) is 0.481. The number of urea groups is 1. The van der Waals surface area contributed by atoms with Crippen molar-refractivity contribution in [2.45, 2.75) is 52.5 Å². The summed E-state index contributed by atoms with van der Waals surface area (Å²) in [5.41, 5.74) is 4.53. The number of benzene rings is 2. The Morgan fingerprint density at radius 1 is 1.15 bits per heavy atom. The molecule has 0 saturated carbocycles. The average Bonchev–Trinajstić information content (AvgIpc) is 2.83. The lowest BCUT2D eigenvalue weighted by Gasteiger charge is -2.40. The second-order valence-electron chi connectivity index (χ2n) is 9.19. The lowest BCUT2D eigenvalue weighted by atomic mass is 9.92. The summed E-state index contributed by atoms with van der Waals surface area (Å²) in [6, 6.07) is 13.7. The highest BCUT2D eigenvalue weighted by Gasteiger charge is 2.28. The minimum Gasteiger partial charge on any atom is -0.469 e. The van der Waals surface area contributed by atoms with Crippen LogP contribution in [0.4, 0.5) is 21.9 Å². The summed E-state index contributed by atoms with van der Waals surface area (Å²) in [5.74, 6) is 0.153. The number of hydrogen-bond donors (Lipinski definition) is 2. The van der Waals surface area contributed by atoms with Gasteiger partial charge in [-0.1, -0.05) is 44.5 Å². The van der Waals surface area contributed by atoms with Crippen LogP contribution in [0.5, 0.6) is 0 Å². The molecule has 1 saturated heterocycles. The number of anilines is 3. The van der Waals surface area contributed by atoms with Crippen molar-refractivity contribution in [2.24, 2.45) is 5.92 Å². The molecule has 3 rings (SSSR count). The molecule has 2 aromatic rings. The SMILES string of the molecule is CCC(CC(=O)OC)c1ccc(N2CCOCC2C(C)C)c(NC(=O)Nc2ccc(C)cc2)c1. The number of ether oxygens (including phenoxy) is 2. The number of amides is 2. The first-order valence-electron chi connectivity index (χ1n) is 12.0.